The first kappa shape index (κ1) is 20.0. The van der Waals surface area contributed by atoms with Crippen LogP contribution in [0.4, 0.5) is 10.1 Å². The topological polar surface area (TPSA) is 56.2 Å². The monoisotopic (exact) mass is 445 g/mol. The Bertz CT molecular complexity index is 1380. The quantitative estimate of drug-likeness (QED) is 0.377. The molecular weight excluding hydrogens is 429 g/mol. The number of nitrogens with one attached hydrogen (secondary N) is 1. The lowest BCUT2D eigenvalue weighted by molar-refractivity contribution is -0.110. The fraction of sp³-hybridized carbons (Fsp3) is 0.0400. The number of carbonyl (C=O) groups is 1. The largest absolute Gasteiger partial charge is 0.438 e. The average Bonchev–Trinajstić information content (AvgIpc) is 3.25. The number of amides is 1. The lowest BCUT2D eigenvalue weighted by Gasteiger charge is -2.10. The minimum atomic E-state index is -0.413. The van der Waals surface area contributed by atoms with Gasteiger partial charge in [-0.15, -0.1) is 0 Å². The zero-order chi connectivity index (χ0) is 22.2. The Kier molecular flexibility index (Phi) is 4.99. The van der Waals surface area contributed by atoms with Gasteiger partial charge in [0.05, 0.1) is 16.9 Å². The van der Waals surface area contributed by atoms with Crippen molar-refractivity contribution in [1.82, 2.24) is 9.78 Å². The maximum Gasteiger partial charge on any atom is 0.256 e. The van der Waals surface area contributed by atoms with Crippen molar-refractivity contribution in [2.75, 3.05) is 5.32 Å². The summed E-state index contributed by atoms with van der Waals surface area (Å²) in [5, 5.41) is 8.01. The third-order valence-corrected chi connectivity index (χ3v) is 5.36. The number of hydrogen-bond acceptors (Lipinski definition) is 3. The molecule has 0 radical (unpaired) electrons. The second kappa shape index (κ2) is 7.98. The Morgan fingerprint density at radius 1 is 1.06 bits per heavy atom. The molecule has 7 heteroatoms. The zero-order valence-corrected chi connectivity index (χ0v) is 17.7. The highest BCUT2D eigenvalue weighted by Gasteiger charge is 2.27. The molecule has 32 heavy (non-hydrogen) atoms. The molecule has 1 amide bonds. The van der Waals surface area contributed by atoms with E-state index in [1.165, 1.54) is 12.1 Å². The van der Waals surface area contributed by atoms with Crippen LogP contribution >= 0.6 is 11.6 Å². The number of fused-ring (bicyclic) bond motifs is 1. The van der Waals surface area contributed by atoms with Gasteiger partial charge in [0.25, 0.3) is 5.91 Å². The van der Waals surface area contributed by atoms with Crippen molar-refractivity contribution in [3.63, 3.8) is 0 Å². The smallest absolute Gasteiger partial charge is 0.256 e. The Morgan fingerprint density at radius 2 is 1.88 bits per heavy atom. The number of rotatable bonds is 4. The molecule has 3 aromatic carbocycles. The first-order valence-corrected chi connectivity index (χ1v) is 10.3. The summed E-state index contributed by atoms with van der Waals surface area (Å²) < 4.78 is 21.6. The van der Waals surface area contributed by atoms with Crippen LogP contribution in [-0.4, -0.2) is 15.7 Å². The summed E-state index contributed by atoms with van der Waals surface area (Å²) in [7, 11) is 0. The number of ether oxygens (including phenoxy) is 1. The molecule has 1 aromatic heterocycles. The van der Waals surface area contributed by atoms with Crippen molar-refractivity contribution < 1.29 is 13.9 Å². The molecular formula is C25H17ClFN3O2. The summed E-state index contributed by atoms with van der Waals surface area (Å²) in [5.74, 6) is 0.0330. The van der Waals surface area contributed by atoms with Crippen molar-refractivity contribution in [3.05, 3.63) is 100 Å². The number of aryl methyl sites for hydroxylation is 1. The van der Waals surface area contributed by atoms with Crippen LogP contribution in [-0.2, 0) is 4.79 Å². The first-order valence-electron chi connectivity index (χ1n) is 9.91. The maximum atomic E-state index is 13.8. The molecule has 0 spiro atoms. The van der Waals surface area contributed by atoms with E-state index in [2.05, 4.69) is 10.4 Å². The second-order valence-electron chi connectivity index (χ2n) is 7.31. The SMILES string of the molecule is Cc1nn(-c2ccccc2)c(Oc2cccc(F)c2)c1C=C1C(=O)Nc2ccc(Cl)cc21. The molecule has 0 saturated carbocycles. The Labute approximate surface area is 188 Å². The van der Waals surface area contributed by atoms with Crippen LogP contribution < -0.4 is 10.1 Å². The van der Waals surface area contributed by atoms with Gasteiger partial charge in [0.2, 0.25) is 5.88 Å². The van der Waals surface area contributed by atoms with Gasteiger partial charge in [-0.25, -0.2) is 4.39 Å². The summed E-state index contributed by atoms with van der Waals surface area (Å²) in [5.41, 5.74) is 3.86. The van der Waals surface area contributed by atoms with Gasteiger partial charge in [-0.3, -0.25) is 4.79 Å². The van der Waals surface area contributed by atoms with Crippen LogP contribution in [0.25, 0.3) is 17.3 Å². The number of benzene rings is 3. The summed E-state index contributed by atoms with van der Waals surface area (Å²) in [4.78, 5) is 12.7. The van der Waals surface area contributed by atoms with E-state index in [1.807, 2.05) is 37.3 Å². The van der Waals surface area contributed by atoms with E-state index >= 15 is 0 Å². The highest BCUT2D eigenvalue weighted by Crippen LogP contribution is 2.38. The van der Waals surface area contributed by atoms with Gasteiger partial charge in [0.1, 0.15) is 11.6 Å². The zero-order valence-electron chi connectivity index (χ0n) is 17.0. The Hall–Kier alpha value is -3.90. The molecule has 0 saturated heterocycles. The summed E-state index contributed by atoms with van der Waals surface area (Å²) in [6, 6.07) is 20.6. The standard InChI is InChI=1S/C25H17ClFN3O2/c1-15-20(14-22-21-12-16(26)10-11-23(21)28-24(22)31)25(32-19-9-5-6-17(27)13-19)30(29-15)18-7-3-2-4-8-18/h2-14H,1H3,(H,28,31). The third-order valence-electron chi connectivity index (χ3n) is 5.13. The predicted octanol–water partition coefficient (Wildman–Crippen LogP) is 6.26. The van der Waals surface area contributed by atoms with E-state index in [1.54, 1.807) is 41.1 Å². The number of para-hydroxylation sites is 1. The van der Waals surface area contributed by atoms with Gasteiger partial charge in [0.15, 0.2) is 0 Å². The highest BCUT2D eigenvalue weighted by atomic mass is 35.5. The van der Waals surface area contributed by atoms with E-state index in [9.17, 15) is 9.18 Å². The average molecular weight is 446 g/mol. The fourth-order valence-corrected chi connectivity index (χ4v) is 3.79. The minimum Gasteiger partial charge on any atom is -0.438 e. The summed E-state index contributed by atoms with van der Waals surface area (Å²) >= 11 is 6.17. The number of halogens is 2. The summed E-state index contributed by atoms with van der Waals surface area (Å²) in [6.07, 6.45) is 1.73. The third kappa shape index (κ3) is 3.65. The second-order valence-corrected chi connectivity index (χ2v) is 7.75. The lowest BCUT2D eigenvalue weighted by Crippen LogP contribution is -2.04. The van der Waals surface area contributed by atoms with Crippen LogP contribution in [0.3, 0.4) is 0 Å². The minimum absolute atomic E-state index is 0.245. The van der Waals surface area contributed by atoms with Crippen LogP contribution in [0.5, 0.6) is 11.6 Å². The van der Waals surface area contributed by atoms with Gasteiger partial charge < -0.3 is 10.1 Å². The van der Waals surface area contributed by atoms with E-state index in [0.717, 1.165) is 5.69 Å². The normalized spacial score (nSPS) is 13.8. The molecule has 1 aliphatic rings. The summed E-state index contributed by atoms with van der Waals surface area (Å²) in [6.45, 7) is 1.83. The van der Waals surface area contributed by atoms with Gasteiger partial charge >= 0.3 is 0 Å². The molecule has 5 nitrogen and oxygen atoms in total. The highest BCUT2D eigenvalue weighted by molar-refractivity contribution is 6.36. The number of carbonyl (C=O) groups excluding carboxylic acids is 1. The molecule has 1 aliphatic heterocycles. The molecule has 0 unspecified atom stereocenters. The predicted molar refractivity (Wildman–Crippen MR) is 123 cm³/mol. The maximum absolute atomic E-state index is 13.8. The van der Waals surface area contributed by atoms with Gasteiger partial charge in [-0.1, -0.05) is 35.9 Å². The molecule has 0 fully saturated rings. The Morgan fingerprint density at radius 3 is 2.66 bits per heavy atom. The van der Waals surface area contributed by atoms with E-state index in [4.69, 9.17) is 16.3 Å². The van der Waals surface area contributed by atoms with E-state index in [-0.39, 0.29) is 5.91 Å². The van der Waals surface area contributed by atoms with Crippen LogP contribution in [0.1, 0.15) is 16.8 Å². The van der Waals surface area contributed by atoms with E-state index in [0.29, 0.717) is 44.7 Å². The number of aromatic nitrogens is 2. The van der Waals surface area contributed by atoms with Crippen molar-refractivity contribution in [2.24, 2.45) is 0 Å². The fourth-order valence-electron chi connectivity index (χ4n) is 3.62. The number of anilines is 1. The van der Waals surface area contributed by atoms with Crippen molar-refractivity contribution in [1.29, 1.82) is 0 Å². The van der Waals surface area contributed by atoms with E-state index < -0.39 is 5.82 Å². The molecule has 0 bridgehead atoms. The van der Waals surface area contributed by atoms with Crippen LogP contribution in [0, 0.1) is 12.7 Å². The molecule has 1 N–H and O–H groups in total. The molecule has 4 aromatic rings. The van der Waals surface area contributed by atoms with Gasteiger partial charge in [0, 0.05) is 27.9 Å². The Balaban J connectivity index is 1.69. The van der Waals surface area contributed by atoms with Crippen LogP contribution in [0.15, 0.2) is 72.8 Å². The molecule has 2 heterocycles. The molecule has 5 rings (SSSR count). The molecule has 0 atom stereocenters. The molecule has 0 aliphatic carbocycles. The van der Waals surface area contributed by atoms with Gasteiger partial charge in [-0.2, -0.15) is 9.78 Å². The lowest BCUT2D eigenvalue weighted by atomic mass is 10.0. The van der Waals surface area contributed by atoms with Crippen LogP contribution in [0.2, 0.25) is 5.02 Å². The number of nitrogens with zero attached hydrogens (tertiary/aromatic N) is 2. The number of hydrogen-bond donors (Lipinski definition) is 1. The molecule has 158 valence electrons. The first-order chi connectivity index (χ1) is 15.5. The van der Waals surface area contributed by atoms with Crippen molar-refractivity contribution in [3.8, 4) is 17.3 Å². The van der Waals surface area contributed by atoms with Crippen molar-refractivity contribution in [2.45, 2.75) is 6.92 Å². The van der Waals surface area contributed by atoms with Gasteiger partial charge in [-0.05, 0) is 55.5 Å². The van der Waals surface area contributed by atoms with Crippen molar-refractivity contribution >= 4 is 34.8 Å².